The van der Waals surface area contributed by atoms with Crippen LogP contribution >= 0.6 is 12.2 Å². The zero-order valence-electron chi connectivity index (χ0n) is 12.1. The fourth-order valence-electron chi connectivity index (χ4n) is 1.63. The van der Waals surface area contributed by atoms with Gasteiger partial charge in [0, 0.05) is 38.1 Å². The predicted octanol–water partition coefficient (Wildman–Crippen LogP) is 1.49. The van der Waals surface area contributed by atoms with E-state index in [2.05, 4.69) is 15.6 Å². The molecular weight excluding hydrogens is 274 g/mol. The molecule has 1 heterocycles. The Balaban J connectivity index is 2.16. The van der Waals surface area contributed by atoms with Gasteiger partial charge in [-0.25, -0.2) is 0 Å². The molecule has 0 aromatic carbocycles. The van der Waals surface area contributed by atoms with E-state index in [0.717, 1.165) is 18.7 Å². The molecule has 0 radical (unpaired) electrons. The lowest BCUT2D eigenvalue weighted by atomic mass is 10.3. The average Bonchev–Trinajstić information content (AvgIpc) is 2.46. The zero-order valence-corrected chi connectivity index (χ0v) is 12.9. The Morgan fingerprint density at radius 1 is 1.25 bits per heavy atom. The molecule has 0 amide bonds. The Morgan fingerprint density at radius 2 is 2.00 bits per heavy atom. The highest BCUT2D eigenvalue weighted by molar-refractivity contribution is 7.80. The van der Waals surface area contributed by atoms with Gasteiger partial charge in [-0.1, -0.05) is 6.07 Å². The minimum Gasteiger partial charge on any atom is -0.362 e. The van der Waals surface area contributed by atoms with Crippen molar-refractivity contribution in [2.45, 2.75) is 26.6 Å². The molecule has 2 N–H and O–H groups in total. The molecule has 0 aliphatic rings. The summed E-state index contributed by atoms with van der Waals surface area (Å²) in [5.41, 5.74) is 1.05. The first-order valence-electron chi connectivity index (χ1n) is 6.91. The first-order valence-corrected chi connectivity index (χ1v) is 7.31. The smallest absolute Gasteiger partial charge is 0.174 e. The van der Waals surface area contributed by atoms with Gasteiger partial charge in [0.15, 0.2) is 11.4 Å². The SMILES string of the molecule is CCOC(CNC(=S)NCCc1ccccn1)OCC. The van der Waals surface area contributed by atoms with E-state index in [1.165, 1.54) is 0 Å². The number of ether oxygens (including phenoxy) is 2. The monoisotopic (exact) mass is 297 g/mol. The second kappa shape index (κ2) is 10.5. The molecule has 0 fully saturated rings. The summed E-state index contributed by atoms with van der Waals surface area (Å²) >= 11 is 5.20. The highest BCUT2D eigenvalue weighted by atomic mass is 32.1. The van der Waals surface area contributed by atoms with Gasteiger partial charge in [-0.3, -0.25) is 4.98 Å². The Hall–Kier alpha value is -1.24. The van der Waals surface area contributed by atoms with Crippen LogP contribution in [-0.4, -0.2) is 42.7 Å². The summed E-state index contributed by atoms with van der Waals surface area (Å²) in [4.78, 5) is 4.25. The summed E-state index contributed by atoms with van der Waals surface area (Å²) in [6.07, 6.45) is 2.37. The highest BCUT2D eigenvalue weighted by Crippen LogP contribution is 1.94. The molecule has 0 saturated heterocycles. The Bertz CT molecular complexity index is 370. The molecule has 1 rings (SSSR count). The van der Waals surface area contributed by atoms with Crippen molar-refractivity contribution in [2.24, 2.45) is 0 Å². The summed E-state index contributed by atoms with van der Waals surface area (Å²) < 4.78 is 10.8. The number of nitrogens with one attached hydrogen (secondary N) is 2. The third-order valence-corrected chi connectivity index (χ3v) is 2.82. The number of aromatic nitrogens is 1. The fourth-order valence-corrected chi connectivity index (χ4v) is 1.81. The molecule has 0 bridgehead atoms. The first-order chi connectivity index (χ1) is 9.76. The Kier molecular flexibility index (Phi) is 8.86. The van der Waals surface area contributed by atoms with Gasteiger partial charge in [0.2, 0.25) is 0 Å². The maximum atomic E-state index is 5.42. The predicted molar refractivity (Wildman–Crippen MR) is 83.6 cm³/mol. The Morgan fingerprint density at radius 3 is 2.60 bits per heavy atom. The maximum Gasteiger partial charge on any atom is 0.174 e. The normalized spacial score (nSPS) is 10.6. The summed E-state index contributed by atoms with van der Waals surface area (Å²) in [6, 6.07) is 5.89. The van der Waals surface area contributed by atoms with Gasteiger partial charge < -0.3 is 20.1 Å². The van der Waals surface area contributed by atoms with Crippen LogP contribution in [0.5, 0.6) is 0 Å². The lowest BCUT2D eigenvalue weighted by Gasteiger charge is -2.18. The molecule has 0 saturated carbocycles. The van der Waals surface area contributed by atoms with Crippen LogP contribution in [0.3, 0.4) is 0 Å². The van der Waals surface area contributed by atoms with Crippen molar-refractivity contribution in [1.82, 2.24) is 15.6 Å². The number of hydrogen-bond donors (Lipinski definition) is 2. The van der Waals surface area contributed by atoms with E-state index in [1.807, 2.05) is 32.0 Å². The molecule has 0 spiro atoms. The minimum absolute atomic E-state index is 0.263. The van der Waals surface area contributed by atoms with Crippen LogP contribution in [0.4, 0.5) is 0 Å². The summed E-state index contributed by atoms with van der Waals surface area (Å²) in [6.45, 7) is 6.40. The van der Waals surface area contributed by atoms with Gasteiger partial charge >= 0.3 is 0 Å². The average molecular weight is 297 g/mol. The maximum absolute atomic E-state index is 5.42. The molecule has 20 heavy (non-hydrogen) atoms. The number of hydrogen-bond acceptors (Lipinski definition) is 4. The van der Waals surface area contributed by atoms with Crippen LogP contribution in [0, 0.1) is 0 Å². The molecule has 5 nitrogen and oxygen atoms in total. The van der Waals surface area contributed by atoms with Crippen LogP contribution in [0.2, 0.25) is 0 Å². The number of rotatable bonds is 9. The van der Waals surface area contributed by atoms with Gasteiger partial charge in [-0.05, 0) is 38.2 Å². The van der Waals surface area contributed by atoms with Crippen molar-refractivity contribution >= 4 is 17.3 Å². The first kappa shape index (κ1) is 16.8. The molecular formula is C14H23N3O2S. The van der Waals surface area contributed by atoms with E-state index in [0.29, 0.717) is 24.9 Å². The Labute approximate surface area is 126 Å². The second-order valence-corrected chi connectivity index (χ2v) is 4.46. The lowest BCUT2D eigenvalue weighted by molar-refractivity contribution is -0.131. The molecule has 1 aromatic heterocycles. The molecule has 6 heteroatoms. The van der Waals surface area contributed by atoms with E-state index >= 15 is 0 Å². The topological polar surface area (TPSA) is 55.4 Å². The van der Waals surface area contributed by atoms with Crippen molar-refractivity contribution in [3.05, 3.63) is 30.1 Å². The third-order valence-electron chi connectivity index (χ3n) is 2.53. The molecule has 0 atom stereocenters. The van der Waals surface area contributed by atoms with Gasteiger partial charge in [0.05, 0.1) is 6.54 Å². The zero-order chi connectivity index (χ0) is 14.6. The van der Waals surface area contributed by atoms with Crippen LogP contribution in [0.1, 0.15) is 19.5 Å². The minimum atomic E-state index is -0.263. The van der Waals surface area contributed by atoms with Crippen molar-refractivity contribution in [3.63, 3.8) is 0 Å². The van der Waals surface area contributed by atoms with Gasteiger partial charge in [-0.2, -0.15) is 0 Å². The van der Waals surface area contributed by atoms with Gasteiger partial charge in [-0.15, -0.1) is 0 Å². The number of thiocarbonyl (C=S) groups is 1. The largest absolute Gasteiger partial charge is 0.362 e. The fraction of sp³-hybridized carbons (Fsp3) is 0.571. The van der Waals surface area contributed by atoms with Crippen molar-refractivity contribution in [2.75, 3.05) is 26.3 Å². The molecule has 0 aliphatic heterocycles. The molecule has 1 aromatic rings. The molecule has 0 unspecified atom stereocenters. The van der Waals surface area contributed by atoms with Gasteiger partial charge in [0.1, 0.15) is 0 Å². The van der Waals surface area contributed by atoms with Crippen molar-refractivity contribution in [3.8, 4) is 0 Å². The lowest BCUT2D eigenvalue weighted by Crippen LogP contribution is -2.41. The highest BCUT2D eigenvalue weighted by Gasteiger charge is 2.07. The van der Waals surface area contributed by atoms with Crippen molar-refractivity contribution in [1.29, 1.82) is 0 Å². The quantitative estimate of drug-likeness (QED) is 0.532. The van der Waals surface area contributed by atoms with E-state index in [1.54, 1.807) is 6.20 Å². The van der Waals surface area contributed by atoms with Crippen LogP contribution < -0.4 is 10.6 Å². The molecule has 112 valence electrons. The van der Waals surface area contributed by atoms with E-state index in [4.69, 9.17) is 21.7 Å². The van der Waals surface area contributed by atoms with E-state index in [-0.39, 0.29) is 6.29 Å². The van der Waals surface area contributed by atoms with Crippen molar-refractivity contribution < 1.29 is 9.47 Å². The summed E-state index contributed by atoms with van der Waals surface area (Å²) in [5, 5.41) is 6.83. The number of pyridine rings is 1. The third kappa shape index (κ3) is 7.37. The summed E-state index contributed by atoms with van der Waals surface area (Å²) in [7, 11) is 0. The second-order valence-electron chi connectivity index (χ2n) is 4.05. The van der Waals surface area contributed by atoms with Gasteiger partial charge in [0.25, 0.3) is 0 Å². The number of nitrogens with zero attached hydrogens (tertiary/aromatic N) is 1. The molecule has 0 aliphatic carbocycles. The van der Waals surface area contributed by atoms with Crippen LogP contribution in [0.15, 0.2) is 24.4 Å². The summed E-state index contributed by atoms with van der Waals surface area (Å²) in [5.74, 6) is 0. The van der Waals surface area contributed by atoms with E-state index < -0.39 is 0 Å². The van der Waals surface area contributed by atoms with Crippen LogP contribution in [-0.2, 0) is 15.9 Å². The van der Waals surface area contributed by atoms with Crippen LogP contribution in [0.25, 0.3) is 0 Å². The standard InChI is InChI=1S/C14H23N3O2S/c1-3-18-13(19-4-2)11-17-14(20)16-10-8-12-7-5-6-9-15-12/h5-7,9,13H,3-4,8,10-11H2,1-2H3,(H2,16,17,20). The van der Waals surface area contributed by atoms with E-state index in [9.17, 15) is 0 Å².